The molecule has 1 aromatic carbocycles. The van der Waals surface area contributed by atoms with Gasteiger partial charge in [0.25, 0.3) is 5.91 Å². The predicted molar refractivity (Wildman–Crippen MR) is 118 cm³/mol. The molecular weight excluding hydrogens is 416 g/mol. The molecule has 31 heavy (non-hydrogen) atoms. The van der Waals surface area contributed by atoms with Gasteiger partial charge in [0.2, 0.25) is 5.82 Å². The Labute approximate surface area is 184 Å². The Morgan fingerprint density at radius 1 is 1.26 bits per heavy atom. The zero-order valence-electron chi connectivity index (χ0n) is 17.8. The molecule has 3 aromatic rings. The summed E-state index contributed by atoms with van der Waals surface area (Å²) in [5, 5.41) is 9.12. The SMILES string of the molecule is COc1ccc(C)c2sc(N(CCN3CCOCC3)C(=O)c3nnc4n3CCC4)nc12. The highest BCUT2D eigenvalue weighted by atomic mass is 32.1. The number of fused-ring (bicyclic) bond motifs is 2. The number of amides is 1. The van der Waals surface area contributed by atoms with Crippen LogP contribution in [0, 0.1) is 6.92 Å². The van der Waals surface area contributed by atoms with Crippen LogP contribution >= 0.6 is 11.3 Å². The summed E-state index contributed by atoms with van der Waals surface area (Å²) >= 11 is 1.52. The van der Waals surface area contributed by atoms with Crippen molar-refractivity contribution in [1.82, 2.24) is 24.6 Å². The van der Waals surface area contributed by atoms with Crippen LogP contribution in [-0.4, -0.2) is 77.1 Å². The summed E-state index contributed by atoms with van der Waals surface area (Å²) in [6, 6.07) is 3.95. The minimum atomic E-state index is -0.149. The molecule has 1 fully saturated rings. The Morgan fingerprint density at radius 3 is 2.90 bits per heavy atom. The first-order chi connectivity index (χ1) is 15.2. The maximum Gasteiger partial charge on any atom is 0.298 e. The molecule has 0 N–H and O–H groups in total. The topological polar surface area (TPSA) is 85.6 Å². The van der Waals surface area contributed by atoms with Gasteiger partial charge in [-0.15, -0.1) is 10.2 Å². The largest absolute Gasteiger partial charge is 0.494 e. The van der Waals surface area contributed by atoms with Gasteiger partial charge in [-0.05, 0) is 25.0 Å². The second-order valence-electron chi connectivity index (χ2n) is 7.86. The van der Waals surface area contributed by atoms with Gasteiger partial charge in [0.05, 0.1) is 25.0 Å². The molecule has 0 radical (unpaired) electrons. The molecule has 164 valence electrons. The summed E-state index contributed by atoms with van der Waals surface area (Å²) in [6.45, 7) is 7.31. The van der Waals surface area contributed by atoms with Crippen molar-refractivity contribution in [3.8, 4) is 5.75 Å². The molecule has 2 aromatic heterocycles. The van der Waals surface area contributed by atoms with E-state index in [-0.39, 0.29) is 5.91 Å². The fourth-order valence-corrected chi connectivity index (χ4v) is 5.23. The van der Waals surface area contributed by atoms with Crippen LogP contribution in [-0.2, 0) is 17.7 Å². The molecular formula is C21H26N6O3S. The van der Waals surface area contributed by atoms with Crippen LogP contribution in [0.2, 0.25) is 0 Å². The monoisotopic (exact) mass is 442 g/mol. The van der Waals surface area contributed by atoms with Crippen molar-refractivity contribution in [3.63, 3.8) is 0 Å². The summed E-state index contributed by atoms with van der Waals surface area (Å²) < 4.78 is 14.0. The van der Waals surface area contributed by atoms with Gasteiger partial charge >= 0.3 is 0 Å². The molecule has 10 heteroatoms. The first kappa shape index (κ1) is 20.3. The normalized spacial score (nSPS) is 16.6. The van der Waals surface area contributed by atoms with E-state index in [1.807, 2.05) is 16.7 Å². The molecule has 1 saturated heterocycles. The third kappa shape index (κ3) is 3.79. The van der Waals surface area contributed by atoms with Crippen molar-refractivity contribution in [3.05, 3.63) is 29.3 Å². The smallest absolute Gasteiger partial charge is 0.298 e. The van der Waals surface area contributed by atoms with Gasteiger partial charge in [0.1, 0.15) is 17.1 Å². The number of carbonyl (C=O) groups is 1. The van der Waals surface area contributed by atoms with E-state index in [0.29, 0.717) is 23.3 Å². The lowest BCUT2D eigenvalue weighted by atomic mass is 10.2. The van der Waals surface area contributed by atoms with Crippen LogP contribution in [0.4, 0.5) is 5.13 Å². The second-order valence-corrected chi connectivity index (χ2v) is 8.84. The average molecular weight is 443 g/mol. The van der Waals surface area contributed by atoms with Crippen LogP contribution in [0.15, 0.2) is 12.1 Å². The average Bonchev–Trinajstić information content (AvgIpc) is 3.51. The molecule has 0 bridgehead atoms. The lowest BCUT2D eigenvalue weighted by molar-refractivity contribution is 0.0390. The van der Waals surface area contributed by atoms with Crippen molar-refractivity contribution in [2.75, 3.05) is 51.4 Å². The first-order valence-electron chi connectivity index (χ1n) is 10.6. The number of morpholine rings is 1. The molecule has 4 heterocycles. The number of rotatable bonds is 6. The van der Waals surface area contributed by atoms with Crippen LogP contribution < -0.4 is 9.64 Å². The van der Waals surface area contributed by atoms with Gasteiger partial charge in [0, 0.05) is 39.1 Å². The van der Waals surface area contributed by atoms with E-state index in [9.17, 15) is 4.79 Å². The molecule has 0 aliphatic carbocycles. The Balaban J connectivity index is 1.50. The number of aromatic nitrogens is 4. The van der Waals surface area contributed by atoms with E-state index in [1.165, 1.54) is 11.3 Å². The fraction of sp³-hybridized carbons (Fsp3) is 0.524. The third-order valence-electron chi connectivity index (χ3n) is 5.93. The Kier molecular flexibility index (Phi) is 5.59. The number of nitrogens with zero attached hydrogens (tertiary/aromatic N) is 6. The van der Waals surface area contributed by atoms with Crippen molar-refractivity contribution in [2.24, 2.45) is 0 Å². The summed E-state index contributed by atoms with van der Waals surface area (Å²) in [6.07, 6.45) is 1.86. The highest BCUT2D eigenvalue weighted by Crippen LogP contribution is 2.36. The van der Waals surface area contributed by atoms with Gasteiger partial charge in [-0.2, -0.15) is 0 Å². The Hall–Kier alpha value is -2.56. The summed E-state index contributed by atoms with van der Waals surface area (Å²) in [4.78, 5) is 22.6. The van der Waals surface area contributed by atoms with E-state index in [0.717, 1.165) is 73.8 Å². The van der Waals surface area contributed by atoms with Gasteiger partial charge in [-0.25, -0.2) is 4.98 Å². The number of hydrogen-bond donors (Lipinski definition) is 0. The number of anilines is 1. The molecule has 0 atom stereocenters. The van der Waals surface area contributed by atoms with Gasteiger partial charge in [-0.3, -0.25) is 14.6 Å². The molecule has 2 aliphatic heterocycles. The summed E-state index contributed by atoms with van der Waals surface area (Å²) in [5.74, 6) is 1.85. The van der Waals surface area contributed by atoms with E-state index < -0.39 is 0 Å². The standard InChI is InChI=1S/C21H26N6O3S/c1-14-5-6-15(29-2)17-18(14)31-21(22-17)27(9-8-25-10-12-30-13-11-25)20(28)19-24-23-16-4-3-7-26(16)19/h5-6H,3-4,7-13H2,1-2H3. The van der Waals surface area contributed by atoms with E-state index >= 15 is 0 Å². The predicted octanol–water partition coefficient (Wildman–Crippen LogP) is 2.13. The zero-order chi connectivity index (χ0) is 21.4. The number of methoxy groups -OCH3 is 1. The number of hydrogen-bond acceptors (Lipinski definition) is 8. The number of carbonyl (C=O) groups excluding carboxylic acids is 1. The molecule has 1 amide bonds. The Morgan fingerprint density at radius 2 is 2.10 bits per heavy atom. The fourth-order valence-electron chi connectivity index (χ4n) is 4.16. The maximum absolute atomic E-state index is 13.6. The summed E-state index contributed by atoms with van der Waals surface area (Å²) in [5.41, 5.74) is 1.90. The van der Waals surface area contributed by atoms with Crippen LogP contribution in [0.25, 0.3) is 10.2 Å². The molecule has 2 aliphatic rings. The minimum absolute atomic E-state index is 0.149. The number of ether oxygens (including phenoxy) is 2. The maximum atomic E-state index is 13.6. The lowest BCUT2D eigenvalue weighted by Gasteiger charge is -2.29. The lowest BCUT2D eigenvalue weighted by Crippen LogP contribution is -2.43. The molecule has 5 rings (SSSR count). The van der Waals surface area contributed by atoms with Crippen molar-refractivity contribution in [1.29, 1.82) is 0 Å². The van der Waals surface area contributed by atoms with Gasteiger partial charge in [0.15, 0.2) is 5.13 Å². The van der Waals surface area contributed by atoms with Crippen molar-refractivity contribution >= 4 is 32.6 Å². The van der Waals surface area contributed by atoms with E-state index in [4.69, 9.17) is 14.5 Å². The number of benzene rings is 1. The van der Waals surface area contributed by atoms with E-state index in [1.54, 1.807) is 12.0 Å². The highest BCUT2D eigenvalue weighted by Gasteiger charge is 2.30. The molecule has 9 nitrogen and oxygen atoms in total. The van der Waals surface area contributed by atoms with Gasteiger partial charge in [-0.1, -0.05) is 17.4 Å². The van der Waals surface area contributed by atoms with Crippen molar-refractivity contribution in [2.45, 2.75) is 26.3 Å². The van der Waals surface area contributed by atoms with Crippen molar-refractivity contribution < 1.29 is 14.3 Å². The van der Waals surface area contributed by atoms with Crippen LogP contribution in [0.3, 0.4) is 0 Å². The quantitative estimate of drug-likeness (QED) is 0.578. The number of thiazole rings is 1. The van der Waals surface area contributed by atoms with Gasteiger partial charge < -0.3 is 14.0 Å². The zero-order valence-corrected chi connectivity index (χ0v) is 18.7. The third-order valence-corrected chi connectivity index (χ3v) is 7.15. The van der Waals surface area contributed by atoms with E-state index in [2.05, 4.69) is 22.0 Å². The number of aryl methyl sites for hydroxylation is 2. The molecule has 0 spiro atoms. The summed E-state index contributed by atoms with van der Waals surface area (Å²) in [7, 11) is 1.64. The minimum Gasteiger partial charge on any atom is -0.494 e. The second kappa shape index (κ2) is 8.52. The van der Waals surface area contributed by atoms with Crippen LogP contribution in [0.1, 0.15) is 28.4 Å². The highest BCUT2D eigenvalue weighted by molar-refractivity contribution is 7.22. The first-order valence-corrected chi connectivity index (χ1v) is 11.5. The molecule has 0 unspecified atom stereocenters. The van der Waals surface area contributed by atoms with Crippen LogP contribution in [0.5, 0.6) is 5.75 Å². The Bertz CT molecular complexity index is 1100. The molecule has 0 saturated carbocycles.